The second-order valence-corrected chi connectivity index (χ2v) is 4.27. The summed E-state index contributed by atoms with van der Waals surface area (Å²) in [7, 11) is 0. The Bertz CT molecular complexity index is 530. The van der Waals surface area contributed by atoms with Gasteiger partial charge in [-0.15, -0.1) is 0 Å². The molecule has 3 nitrogen and oxygen atoms in total. The minimum absolute atomic E-state index is 0.739. The van der Waals surface area contributed by atoms with Crippen molar-refractivity contribution in [2.24, 2.45) is 0 Å². The van der Waals surface area contributed by atoms with Gasteiger partial charge in [0.15, 0.2) is 0 Å². The second kappa shape index (κ2) is 4.37. The molecule has 88 valence electrons. The molecule has 0 fully saturated rings. The van der Waals surface area contributed by atoms with E-state index < -0.39 is 0 Å². The zero-order chi connectivity index (χ0) is 12.4. The van der Waals surface area contributed by atoms with Gasteiger partial charge in [-0.3, -0.25) is 0 Å². The second-order valence-electron chi connectivity index (χ2n) is 4.27. The quantitative estimate of drug-likeness (QED) is 0.689. The van der Waals surface area contributed by atoms with Gasteiger partial charge in [0.2, 0.25) is 0 Å². The Labute approximate surface area is 101 Å². The Balaban J connectivity index is 2.30. The number of anilines is 3. The van der Waals surface area contributed by atoms with Crippen molar-refractivity contribution in [3.8, 4) is 0 Å². The van der Waals surface area contributed by atoms with E-state index in [-0.39, 0.29) is 0 Å². The number of hydrogen-bond acceptors (Lipinski definition) is 3. The van der Waals surface area contributed by atoms with E-state index in [0.29, 0.717) is 0 Å². The monoisotopic (exact) mass is 227 g/mol. The van der Waals surface area contributed by atoms with Gasteiger partial charge in [0.1, 0.15) is 0 Å². The number of nitrogens with two attached hydrogens (primary N) is 3. The molecule has 0 unspecified atom stereocenters. The fourth-order valence-corrected chi connectivity index (χ4v) is 1.81. The van der Waals surface area contributed by atoms with Crippen molar-refractivity contribution < 1.29 is 0 Å². The molecule has 0 heterocycles. The van der Waals surface area contributed by atoms with Gasteiger partial charge in [-0.25, -0.2) is 0 Å². The zero-order valence-electron chi connectivity index (χ0n) is 9.90. The average molecular weight is 227 g/mol. The molecule has 3 heteroatoms. The zero-order valence-corrected chi connectivity index (χ0v) is 9.90. The van der Waals surface area contributed by atoms with E-state index in [1.54, 1.807) is 0 Å². The molecule has 2 rings (SSSR count). The Morgan fingerprint density at radius 1 is 0.882 bits per heavy atom. The molecule has 0 radical (unpaired) electrons. The lowest BCUT2D eigenvalue weighted by Gasteiger charge is -2.10. The summed E-state index contributed by atoms with van der Waals surface area (Å²) in [6.45, 7) is 1.94. The third kappa shape index (κ3) is 2.33. The maximum Gasteiger partial charge on any atom is 0.0400 e. The third-order valence-corrected chi connectivity index (χ3v) is 3.02. The van der Waals surface area contributed by atoms with Gasteiger partial charge < -0.3 is 17.2 Å². The summed E-state index contributed by atoms with van der Waals surface area (Å²) in [5, 5.41) is 0. The van der Waals surface area contributed by atoms with Gasteiger partial charge >= 0.3 is 0 Å². The summed E-state index contributed by atoms with van der Waals surface area (Å²) in [5.41, 5.74) is 23.1. The molecule has 0 spiro atoms. The summed E-state index contributed by atoms with van der Waals surface area (Å²) < 4.78 is 0. The van der Waals surface area contributed by atoms with E-state index >= 15 is 0 Å². The minimum Gasteiger partial charge on any atom is -0.399 e. The smallest absolute Gasteiger partial charge is 0.0400 e. The van der Waals surface area contributed by atoms with Crippen LogP contribution >= 0.6 is 0 Å². The van der Waals surface area contributed by atoms with E-state index in [0.717, 1.165) is 34.6 Å². The molecule has 0 aliphatic rings. The maximum atomic E-state index is 6.06. The first kappa shape index (κ1) is 11.3. The Hall–Kier alpha value is -2.16. The molecular formula is C14H17N3. The van der Waals surface area contributed by atoms with Gasteiger partial charge in [-0.1, -0.05) is 18.2 Å². The molecule has 0 saturated carbocycles. The van der Waals surface area contributed by atoms with E-state index in [4.69, 9.17) is 17.2 Å². The van der Waals surface area contributed by atoms with Crippen molar-refractivity contribution in [2.45, 2.75) is 13.3 Å². The summed E-state index contributed by atoms with van der Waals surface area (Å²) in [5.74, 6) is 0. The van der Waals surface area contributed by atoms with Gasteiger partial charge in [-0.2, -0.15) is 0 Å². The summed E-state index contributed by atoms with van der Waals surface area (Å²) in [6, 6.07) is 11.7. The highest BCUT2D eigenvalue weighted by atomic mass is 14.6. The molecule has 0 aliphatic carbocycles. The molecule has 0 saturated heterocycles. The van der Waals surface area contributed by atoms with Gasteiger partial charge in [0.25, 0.3) is 0 Å². The van der Waals surface area contributed by atoms with Gasteiger partial charge in [0.05, 0.1) is 0 Å². The molecule has 0 bridgehead atoms. The topological polar surface area (TPSA) is 78.1 Å². The third-order valence-electron chi connectivity index (χ3n) is 3.02. The van der Waals surface area contributed by atoms with Crippen LogP contribution in [0.5, 0.6) is 0 Å². The van der Waals surface area contributed by atoms with Crippen LogP contribution in [0.3, 0.4) is 0 Å². The average Bonchev–Trinajstić information content (AvgIpc) is 2.33. The lowest BCUT2D eigenvalue weighted by atomic mass is 10.00. The largest absolute Gasteiger partial charge is 0.399 e. The van der Waals surface area contributed by atoms with Crippen LogP contribution in [0.15, 0.2) is 36.4 Å². The first-order valence-corrected chi connectivity index (χ1v) is 5.56. The van der Waals surface area contributed by atoms with Crippen LogP contribution < -0.4 is 17.2 Å². The standard InChI is InChI=1S/C14H17N3/c1-9-13(16)7-4-11(14(9)17)8-10-2-5-12(15)6-3-10/h2-7H,8,15-17H2,1H3. The molecule has 6 N–H and O–H groups in total. The molecule has 0 aliphatic heterocycles. The number of rotatable bonds is 2. The van der Waals surface area contributed by atoms with Crippen LogP contribution in [0.4, 0.5) is 17.1 Å². The fourth-order valence-electron chi connectivity index (χ4n) is 1.81. The van der Waals surface area contributed by atoms with Crippen LogP contribution in [0.2, 0.25) is 0 Å². The number of hydrogen-bond donors (Lipinski definition) is 3. The summed E-state index contributed by atoms with van der Waals surface area (Å²) >= 11 is 0. The Kier molecular flexibility index (Phi) is 2.91. The molecular weight excluding hydrogens is 210 g/mol. The van der Waals surface area contributed by atoms with Crippen molar-refractivity contribution in [1.29, 1.82) is 0 Å². The maximum absolute atomic E-state index is 6.06. The summed E-state index contributed by atoms with van der Waals surface area (Å²) in [6.07, 6.45) is 0.799. The van der Waals surface area contributed by atoms with Crippen LogP contribution in [0.1, 0.15) is 16.7 Å². The fraction of sp³-hybridized carbons (Fsp3) is 0.143. The molecule has 0 aromatic heterocycles. The SMILES string of the molecule is Cc1c(N)ccc(Cc2ccc(N)cc2)c1N. The molecule has 0 atom stereocenters. The van der Waals surface area contributed by atoms with Gasteiger partial charge in [-0.05, 0) is 48.2 Å². The van der Waals surface area contributed by atoms with Crippen LogP contribution in [0.25, 0.3) is 0 Å². The Morgan fingerprint density at radius 2 is 1.53 bits per heavy atom. The van der Waals surface area contributed by atoms with Crippen molar-refractivity contribution >= 4 is 17.1 Å². The van der Waals surface area contributed by atoms with Crippen molar-refractivity contribution in [1.82, 2.24) is 0 Å². The van der Waals surface area contributed by atoms with Crippen LogP contribution in [-0.4, -0.2) is 0 Å². The van der Waals surface area contributed by atoms with E-state index in [9.17, 15) is 0 Å². The van der Waals surface area contributed by atoms with E-state index in [1.807, 2.05) is 43.3 Å². The molecule has 2 aromatic carbocycles. The lowest BCUT2D eigenvalue weighted by molar-refractivity contribution is 1.19. The van der Waals surface area contributed by atoms with Gasteiger partial charge in [0, 0.05) is 17.1 Å². The summed E-state index contributed by atoms with van der Waals surface area (Å²) in [4.78, 5) is 0. The first-order valence-electron chi connectivity index (χ1n) is 5.56. The molecule has 17 heavy (non-hydrogen) atoms. The lowest BCUT2D eigenvalue weighted by Crippen LogP contribution is -2.01. The number of nitrogen functional groups attached to an aromatic ring is 3. The Morgan fingerprint density at radius 3 is 2.18 bits per heavy atom. The highest BCUT2D eigenvalue weighted by Crippen LogP contribution is 2.25. The predicted octanol–water partition coefficient (Wildman–Crippen LogP) is 2.33. The predicted molar refractivity (Wildman–Crippen MR) is 73.7 cm³/mol. The molecule has 2 aromatic rings. The molecule has 0 amide bonds. The highest BCUT2D eigenvalue weighted by Gasteiger charge is 2.05. The first-order chi connectivity index (χ1) is 8.08. The van der Waals surface area contributed by atoms with Crippen LogP contribution in [-0.2, 0) is 6.42 Å². The number of benzene rings is 2. The van der Waals surface area contributed by atoms with Crippen molar-refractivity contribution in [2.75, 3.05) is 17.2 Å². The highest BCUT2D eigenvalue weighted by molar-refractivity contribution is 5.65. The van der Waals surface area contributed by atoms with E-state index in [1.165, 1.54) is 5.56 Å². The van der Waals surface area contributed by atoms with Crippen molar-refractivity contribution in [3.05, 3.63) is 53.1 Å². The van der Waals surface area contributed by atoms with Crippen LogP contribution in [0, 0.1) is 6.92 Å². The minimum atomic E-state index is 0.739. The van der Waals surface area contributed by atoms with Crippen molar-refractivity contribution in [3.63, 3.8) is 0 Å². The normalized spacial score (nSPS) is 10.4. The van der Waals surface area contributed by atoms with E-state index in [2.05, 4.69) is 0 Å².